The van der Waals surface area contributed by atoms with Gasteiger partial charge in [0.1, 0.15) is 5.60 Å². The van der Waals surface area contributed by atoms with E-state index in [-0.39, 0.29) is 16.8 Å². The second-order valence-electron chi connectivity index (χ2n) is 9.78. The van der Waals surface area contributed by atoms with Crippen molar-refractivity contribution in [3.63, 3.8) is 0 Å². The van der Waals surface area contributed by atoms with E-state index in [0.29, 0.717) is 35.4 Å². The van der Waals surface area contributed by atoms with Gasteiger partial charge in [-0.25, -0.2) is 18.2 Å². The Kier molecular flexibility index (Phi) is 6.26. The second-order valence-corrected chi connectivity index (χ2v) is 12.8. The first-order chi connectivity index (χ1) is 15.4. The minimum Gasteiger partial charge on any atom is -0.444 e. The number of amides is 1. The molecule has 2 aliphatic heterocycles. The molecular formula is C23H29N3O5S2. The van der Waals surface area contributed by atoms with Crippen LogP contribution in [0.15, 0.2) is 35.4 Å². The number of ketones is 1. The maximum Gasteiger partial charge on any atom is 0.410 e. The topological polar surface area (TPSA) is 96.9 Å². The number of nitrogens with zero attached hydrogens (tertiary/aromatic N) is 3. The van der Waals surface area contributed by atoms with Crippen molar-refractivity contribution in [1.29, 1.82) is 0 Å². The third-order valence-electron chi connectivity index (χ3n) is 5.97. The van der Waals surface area contributed by atoms with Crippen molar-refractivity contribution in [2.75, 3.05) is 37.3 Å². The minimum atomic E-state index is -3.39. The van der Waals surface area contributed by atoms with E-state index in [9.17, 15) is 18.0 Å². The van der Waals surface area contributed by atoms with Crippen LogP contribution in [0.25, 0.3) is 0 Å². The van der Waals surface area contributed by atoms with Crippen LogP contribution in [0.1, 0.15) is 42.4 Å². The Morgan fingerprint density at radius 1 is 1.15 bits per heavy atom. The van der Waals surface area contributed by atoms with Crippen LogP contribution in [-0.4, -0.2) is 68.2 Å². The van der Waals surface area contributed by atoms with Crippen molar-refractivity contribution in [2.24, 2.45) is 11.8 Å². The van der Waals surface area contributed by atoms with Crippen molar-refractivity contribution < 1.29 is 22.7 Å². The Labute approximate surface area is 198 Å². The summed E-state index contributed by atoms with van der Waals surface area (Å²) in [5.74, 6) is 0.566. The first-order valence-electron chi connectivity index (χ1n) is 10.9. The number of rotatable bonds is 4. The third-order valence-corrected chi connectivity index (χ3v) is 8.13. The van der Waals surface area contributed by atoms with Crippen LogP contribution in [0.5, 0.6) is 0 Å². The van der Waals surface area contributed by atoms with Gasteiger partial charge in [-0.3, -0.25) is 4.79 Å². The average Bonchev–Trinajstić information content (AvgIpc) is 3.38. The fourth-order valence-electron chi connectivity index (χ4n) is 4.34. The number of aromatic nitrogens is 1. The average molecular weight is 492 g/mol. The summed E-state index contributed by atoms with van der Waals surface area (Å²) in [4.78, 5) is 34.4. The van der Waals surface area contributed by atoms with E-state index in [1.807, 2.05) is 20.8 Å². The van der Waals surface area contributed by atoms with Gasteiger partial charge in [-0.1, -0.05) is 23.5 Å². The van der Waals surface area contributed by atoms with Gasteiger partial charge in [0.25, 0.3) is 0 Å². The van der Waals surface area contributed by atoms with E-state index in [1.165, 1.54) is 23.5 Å². The van der Waals surface area contributed by atoms with Crippen molar-refractivity contribution in [1.82, 2.24) is 9.88 Å². The Balaban J connectivity index is 1.43. The van der Waals surface area contributed by atoms with Gasteiger partial charge in [0, 0.05) is 38.0 Å². The van der Waals surface area contributed by atoms with E-state index in [0.717, 1.165) is 30.9 Å². The lowest BCUT2D eigenvalue weighted by Gasteiger charge is -2.35. The standard InChI is InChI=1S/C23H29N3O5S2/c1-23(2,3)31-22(28)25-9-8-16-12-26(14-17(16)13-25)21-24-11-19(32-21)20(27)15-6-5-7-18(10-15)33(4,29)30/h5-7,10-11,16-17H,8-9,12-14H2,1-4H3. The van der Waals surface area contributed by atoms with E-state index in [2.05, 4.69) is 9.88 Å². The van der Waals surface area contributed by atoms with Gasteiger partial charge in [0.15, 0.2) is 15.0 Å². The van der Waals surface area contributed by atoms with Gasteiger partial charge in [-0.2, -0.15) is 0 Å². The number of piperidine rings is 1. The molecule has 2 atom stereocenters. The molecule has 0 N–H and O–H groups in total. The lowest BCUT2D eigenvalue weighted by atomic mass is 9.89. The molecule has 1 amide bonds. The Morgan fingerprint density at radius 3 is 2.58 bits per heavy atom. The summed E-state index contributed by atoms with van der Waals surface area (Å²) in [7, 11) is -3.39. The number of hydrogen-bond acceptors (Lipinski definition) is 8. The molecule has 178 valence electrons. The lowest BCUT2D eigenvalue weighted by molar-refractivity contribution is 0.0139. The molecule has 2 saturated heterocycles. The summed E-state index contributed by atoms with van der Waals surface area (Å²) in [6, 6.07) is 6.09. The van der Waals surface area contributed by atoms with Gasteiger partial charge >= 0.3 is 6.09 Å². The highest BCUT2D eigenvalue weighted by molar-refractivity contribution is 7.90. The maximum absolute atomic E-state index is 12.9. The summed E-state index contributed by atoms with van der Waals surface area (Å²) in [5.41, 5.74) is -0.184. The molecule has 10 heteroatoms. The molecule has 2 fully saturated rings. The Hall–Kier alpha value is -2.46. The van der Waals surface area contributed by atoms with Gasteiger partial charge in [0.05, 0.1) is 16.0 Å². The second kappa shape index (κ2) is 8.72. The van der Waals surface area contributed by atoms with Crippen LogP contribution in [0, 0.1) is 11.8 Å². The Morgan fingerprint density at radius 2 is 1.88 bits per heavy atom. The molecule has 0 radical (unpaired) electrons. The summed E-state index contributed by atoms with van der Waals surface area (Å²) in [5, 5.41) is 0.774. The van der Waals surface area contributed by atoms with Crippen LogP contribution >= 0.6 is 11.3 Å². The number of anilines is 1. The number of sulfone groups is 1. The summed E-state index contributed by atoms with van der Waals surface area (Å²) >= 11 is 1.32. The predicted octanol–water partition coefficient (Wildman–Crippen LogP) is 3.47. The summed E-state index contributed by atoms with van der Waals surface area (Å²) < 4.78 is 29.2. The zero-order valence-corrected chi connectivity index (χ0v) is 20.9. The van der Waals surface area contributed by atoms with Crippen molar-refractivity contribution in [2.45, 2.75) is 37.7 Å². The predicted molar refractivity (Wildman–Crippen MR) is 127 cm³/mol. The van der Waals surface area contributed by atoms with Crippen LogP contribution in [0.4, 0.5) is 9.93 Å². The van der Waals surface area contributed by atoms with Crippen LogP contribution in [-0.2, 0) is 14.6 Å². The van der Waals surface area contributed by atoms with Crippen molar-refractivity contribution in [3.8, 4) is 0 Å². The molecule has 2 unspecified atom stereocenters. The van der Waals surface area contributed by atoms with Crippen LogP contribution in [0.3, 0.4) is 0 Å². The smallest absolute Gasteiger partial charge is 0.410 e. The van der Waals surface area contributed by atoms with Crippen molar-refractivity contribution in [3.05, 3.63) is 40.9 Å². The number of ether oxygens (including phenoxy) is 1. The lowest BCUT2D eigenvalue weighted by Crippen LogP contribution is -2.45. The molecule has 3 heterocycles. The van der Waals surface area contributed by atoms with E-state index < -0.39 is 15.4 Å². The molecular weight excluding hydrogens is 462 g/mol. The Bertz CT molecular complexity index is 1170. The molecule has 1 aromatic heterocycles. The quantitative estimate of drug-likeness (QED) is 0.604. The largest absolute Gasteiger partial charge is 0.444 e. The first-order valence-corrected chi connectivity index (χ1v) is 13.6. The fourth-order valence-corrected chi connectivity index (χ4v) is 5.91. The van der Waals surface area contributed by atoms with Crippen molar-refractivity contribution >= 4 is 38.2 Å². The van der Waals surface area contributed by atoms with E-state index in [1.54, 1.807) is 23.2 Å². The number of hydrogen-bond donors (Lipinski definition) is 0. The molecule has 8 nitrogen and oxygen atoms in total. The third kappa shape index (κ3) is 5.38. The fraction of sp³-hybridized carbons (Fsp3) is 0.522. The summed E-state index contributed by atoms with van der Waals surface area (Å²) in [6.45, 7) is 8.56. The molecule has 4 rings (SSSR count). The van der Waals surface area contributed by atoms with Crippen LogP contribution < -0.4 is 4.90 Å². The maximum atomic E-state index is 12.9. The highest BCUT2D eigenvalue weighted by Gasteiger charge is 2.40. The molecule has 33 heavy (non-hydrogen) atoms. The monoisotopic (exact) mass is 491 g/mol. The van der Waals surface area contributed by atoms with Gasteiger partial charge in [-0.05, 0) is 51.2 Å². The normalized spacial score (nSPS) is 21.1. The number of likely N-dealkylation sites (tertiary alicyclic amines) is 1. The number of carbonyl (C=O) groups is 2. The number of fused-ring (bicyclic) bond motifs is 1. The first kappa shape index (κ1) is 23.7. The van der Waals surface area contributed by atoms with E-state index >= 15 is 0 Å². The molecule has 0 bridgehead atoms. The molecule has 1 aromatic carbocycles. The molecule has 0 aliphatic carbocycles. The van der Waals surface area contributed by atoms with E-state index in [4.69, 9.17) is 4.74 Å². The summed E-state index contributed by atoms with van der Waals surface area (Å²) in [6.07, 6.45) is 3.33. The zero-order valence-electron chi connectivity index (χ0n) is 19.3. The molecule has 2 aromatic rings. The number of benzene rings is 1. The zero-order chi connectivity index (χ0) is 24.0. The molecule has 0 spiro atoms. The highest BCUT2D eigenvalue weighted by Crippen LogP contribution is 2.36. The molecule has 2 aliphatic rings. The highest BCUT2D eigenvalue weighted by atomic mass is 32.2. The van der Waals surface area contributed by atoms with Gasteiger partial charge in [0.2, 0.25) is 5.78 Å². The van der Waals surface area contributed by atoms with Gasteiger partial charge in [-0.15, -0.1) is 0 Å². The SMILES string of the molecule is CC(C)(C)OC(=O)N1CCC2CN(c3ncc(C(=O)c4cccc(S(C)(=O)=O)c4)s3)CC2C1. The van der Waals surface area contributed by atoms with Gasteiger partial charge < -0.3 is 14.5 Å². The van der Waals surface area contributed by atoms with Crippen LogP contribution in [0.2, 0.25) is 0 Å². The number of carbonyl (C=O) groups excluding carboxylic acids is 2. The minimum absolute atomic E-state index is 0.122. The molecule has 0 saturated carbocycles. The number of thiazole rings is 1.